The number of benzene rings is 1. The van der Waals surface area contributed by atoms with Gasteiger partial charge in [0.15, 0.2) is 0 Å². The predicted molar refractivity (Wildman–Crippen MR) is 89.0 cm³/mol. The Hall–Kier alpha value is -2.14. The molecule has 120 valence electrons. The maximum Gasteiger partial charge on any atom is 0.227 e. The molecule has 0 bridgehead atoms. The van der Waals surface area contributed by atoms with Gasteiger partial charge in [-0.15, -0.1) is 0 Å². The first-order chi connectivity index (χ1) is 11.2. The summed E-state index contributed by atoms with van der Waals surface area (Å²) in [6.07, 6.45) is 6.47. The topological polar surface area (TPSA) is 41.4 Å². The first-order valence-corrected chi connectivity index (χ1v) is 8.31. The molecule has 5 heteroatoms. The summed E-state index contributed by atoms with van der Waals surface area (Å²) >= 11 is 0. The minimum Gasteiger partial charge on any atom is -0.337 e. The van der Waals surface area contributed by atoms with Crippen molar-refractivity contribution >= 4 is 11.6 Å². The van der Waals surface area contributed by atoms with Crippen molar-refractivity contribution in [2.45, 2.75) is 37.9 Å². The molecule has 0 N–H and O–H groups in total. The zero-order valence-corrected chi connectivity index (χ0v) is 13.4. The number of rotatable bonds is 3. The fourth-order valence-electron chi connectivity index (χ4n) is 4.00. The molecule has 5 nitrogen and oxygen atoms in total. The zero-order chi connectivity index (χ0) is 15.8. The maximum absolute atomic E-state index is 12.5. The lowest BCUT2D eigenvalue weighted by molar-refractivity contribution is -0.120. The van der Waals surface area contributed by atoms with Gasteiger partial charge in [-0.2, -0.15) is 0 Å². The lowest BCUT2D eigenvalue weighted by atomic mass is 9.95. The Morgan fingerprint density at radius 1 is 1.17 bits per heavy atom. The maximum atomic E-state index is 12.5. The normalized spacial score (nSPS) is 24.9. The predicted octanol–water partition coefficient (Wildman–Crippen LogP) is 2.19. The van der Waals surface area contributed by atoms with Crippen molar-refractivity contribution in [1.29, 1.82) is 0 Å². The molecule has 2 atom stereocenters. The van der Waals surface area contributed by atoms with E-state index in [-0.39, 0.29) is 5.91 Å². The molecule has 4 rings (SSSR count). The van der Waals surface area contributed by atoms with E-state index < -0.39 is 0 Å². The first kappa shape index (κ1) is 14.5. The molecule has 23 heavy (non-hydrogen) atoms. The average molecular weight is 310 g/mol. The van der Waals surface area contributed by atoms with Gasteiger partial charge in [-0.1, -0.05) is 18.2 Å². The van der Waals surface area contributed by atoms with E-state index >= 15 is 0 Å². The van der Waals surface area contributed by atoms with Gasteiger partial charge < -0.3 is 9.47 Å². The van der Waals surface area contributed by atoms with Crippen molar-refractivity contribution in [2.24, 2.45) is 7.05 Å². The van der Waals surface area contributed by atoms with Crippen molar-refractivity contribution in [3.63, 3.8) is 0 Å². The average Bonchev–Trinajstić information content (AvgIpc) is 3.15. The van der Waals surface area contributed by atoms with Crippen LogP contribution < -0.4 is 4.90 Å². The molecule has 0 aliphatic carbocycles. The highest BCUT2D eigenvalue weighted by atomic mass is 16.2. The number of imidazole rings is 1. The van der Waals surface area contributed by atoms with Crippen LogP contribution in [0.5, 0.6) is 0 Å². The van der Waals surface area contributed by atoms with E-state index in [2.05, 4.69) is 14.5 Å². The van der Waals surface area contributed by atoms with Gasteiger partial charge in [-0.25, -0.2) is 4.98 Å². The van der Waals surface area contributed by atoms with E-state index in [1.807, 2.05) is 54.7 Å². The molecule has 0 unspecified atom stereocenters. The summed E-state index contributed by atoms with van der Waals surface area (Å²) in [5.41, 5.74) is 1.03. The van der Waals surface area contributed by atoms with Gasteiger partial charge in [-0.05, 0) is 25.0 Å². The molecule has 1 aromatic carbocycles. The summed E-state index contributed by atoms with van der Waals surface area (Å²) in [4.78, 5) is 21.5. The van der Waals surface area contributed by atoms with Crippen LogP contribution in [0.4, 0.5) is 5.69 Å². The minimum absolute atomic E-state index is 0.260. The fourth-order valence-corrected chi connectivity index (χ4v) is 4.00. The van der Waals surface area contributed by atoms with Crippen LogP contribution >= 0.6 is 0 Å². The van der Waals surface area contributed by atoms with Crippen LogP contribution in [0.2, 0.25) is 0 Å². The van der Waals surface area contributed by atoms with Crippen LogP contribution in [0.15, 0.2) is 42.7 Å². The highest BCUT2D eigenvalue weighted by Gasteiger charge is 2.43. The Balaban J connectivity index is 1.57. The summed E-state index contributed by atoms with van der Waals surface area (Å²) in [6.45, 7) is 1.89. The van der Waals surface area contributed by atoms with Crippen LogP contribution in [0.25, 0.3) is 0 Å². The van der Waals surface area contributed by atoms with Crippen molar-refractivity contribution in [3.8, 4) is 0 Å². The largest absolute Gasteiger partial charge is 0.337 e. The molecule has 0 spiro atoms. The zero-order valence-electron chi connectivity index (χ0n) is 13.4. The smallest absolute Gasteiger partial charge is 0.227 e. The van der Waals surface area contributed by atoms with Crippen LogP contribution in [-0.2, 0) is 18.4 Å². The lowest BCUT2D eigenvalue weighted by Gasteiger charge is -2.39. The Kier molecular flexibility index (Phi) is 3.65. The number of amides is 1. The SMILES string of the molecule is Cn1ccnc1CN1CC[C@H]2[C@@H]1CCC(=O)N2c1ccccc1. The second-order valence-electron chi connectivity index (χ2n) is 6.49. The third-order valence-corrected chi connectivity index (χ3v) is 5.18. The van der Waals surface area contributed by atoms with Crippen LogP contribution in [-0.4, -0.2) is 39.0 Å². The number of nitrogens with zero attached hydrogens (tertiary/aromatic N) is 4. The summed E-state index contributed by atoms with van der Waals surface area (Å²) in [5, 5.41) is 0. The third-order valence-electron chi connectivity index (χ3n) is 5.18. The van der Waals surface area contributed by atoms with Crippen molar-refractivity contribution < 1.29 is 4.79 Å². The molecular formula is C18H22N4O. The summed E-state index contributed by atoms with van der Waals surface area (Å²) < 4.78 is 2.08. The number of para-hydroxylation sites is 1. The van der Waals surface area contributed by atoms with Gasteiger partial charge in [0.2, 0.25) is 5.91 Å². The van der Waals surface area contributed by atoms with Gasteiger partial charge in [0, 0.05) is 44.1 Å². The number of anilines is 1. The van der Waals surface area contributed by atoms with Crippen LogP contribution in [0, 0.1) is 0 Å². The van der Waals surface area contributed by atoms with E-state index in [1.54, 1.807) is 0 Å². The second-order valence-corrected chi connectivity index (χ2v) is 6.49. The van der Waals surface area contributed by atoms with E-state index in [1.165, 1.54) is 0 Å². The molecule has 2 aliphatic heterocycles. The van der Waals surface area contributed by atoms with Crippen molar-refractivity contribution in [3.05, 3.63) is 48.5 Å². The standard InChI is InChI=1S/C18H22N4O/c1-20-12-10-19-17(20)13-21-11-9-16-15(21)7-8-18(23)22(16)14-5-3-2-4-6-14/h2-6,10,12,15-16H,7-9,11,13H2,1H3/t15-,16-/m0/s1. The Morgan fingerprint density at radius 3 is 2.74 bits per heavy atom. The van der Waals surface area contributed by atoms with Gasteiger partial charge >= 0.3 is 0 Å². The molecule has 2 fully saturated rings. The van der Waals surface area contributed by atoms with E-state index in [0.717, 1.165) is 37.4 Å². The molecule has 1 amide bonds. The second kappa shape index (κ2) is 5.81. The van der Waals surface area contributed by atoms with Crippen molar-refractivity contribution in [1.82, 2.24) is 14.5 Å². The number of fused-ring (bicyclic) bond motifs is 1. The quantitative estimate of drug-likeness (QED) is 0.872. The molecule has 2 saturated heterocycles. The van der Waals surface area contributed by atoms with Gasteiger partial charge in [0.25, 0.3) is 0 Å². The van der Waals surface area contributed by atoms with Crippen LogP contribution in [0.1, 0.15) is 25.1 Å². The monoisotopic (exact) mass is 310 g/mol. The Labute approximate surface area is 136 Å². The number of aromatic nitrogens is 2. The fraction of sp³-hybridized carbons (Fsp3) is 0.444. The Morgan fingerprint density at radius 2 is 2.00 bits per heavy atom. The molecule has 0 radical (unpaired) electrons. The number of carbonyl (C=O) groups excluding carboxylic acids is 1. The number of carbonyl (C=O) groups is 1. The third kappa shape index (κ3) is 2.55. The molecule has 2 aliphatic rings. The molecular weight excluding hydrogens is 288 g/mol. The number of hydrogen-bond donors (Lipinski definition) is 0. The van der Waals surface area contributed by atoms with Gasteiger partial charge in [0.05, 0.1) is 12.6 Å². The number of aryl methyl sites for hydroxylation is 1. The van der Waals surface area contributed by atoms with E-state index in [9.17, 15) is 4.79 Å². The van der Waals surface area contributed by atoms with E-state index in [0.29, 0.717) is 18.5 Å². The lowest BCUT2D eigenvalue weighted by Crippen LogP contribution is -2.52. The minimum atomic E-state index is 0.260. The molecule has 1 aromatic heterocycles. The summed E-state index contributed by atoms with van der Waals surface area (Å²) in [7, 11) is 2.04. The van der Waals surface area contributed by atoms with Gasteiger partial charge in [-0.3, -0.25) is 9.69 Å². The number of piperidine rings is 1. The highest BCUT2D eigenvalue weighted by Crippen LogP contribution is 2.35. The molecule has 3 heterocycles. The first-order valence-electron chi connectivity index (χ1n) is 8.31. The number of hydrogen-bond acceptors (Lipinski definition) is 3. The Bertz CT molecular complexity index is 696. The van der Waals surface area contributed by atoms with Gasteiger partial charge in [0.1, 0.15) is 5.82 Å². The van der Waals surface area contributed by atoms with Crippen molar-refractivity contribution in [2.75, 3.05) is 11.4 Å². The molecule has 0 saturated carbocycles. The molecule has 2 aromatic rings. The summed E-state index contributed by atoms with van der Waals surface area (Å²) in [6, 6.07) is 10.8. The van der Waals surface area contributed by atoms with E-state index in [4.69, 9.17) is 0 Å². The summed E-state index contributed by atoms with van der Waals surface area (Å²) in [5.74, 6) is 1.35. The number of likely N-dealkylation sites (tertiary alicyclic amines) is 1. The van der Waals surface area contributed by atoms with Crippen LogP contribution in [0.3, 0.4) is 0 Å². The highest BCUT2D eigenvalue weighted by molar-refractivity contribution is 5.95.